The summed E-state index contributed by atoms with van der Waals surface area (Å²) in [6, 6.07) is 14.4. The van der Waals surface area contributed by atoms with Crippen molar-refractivity contribution in [3.63, 3.8) is 0 Å². The van der Waals surface area contributed by atoms with E-state index < -0.39 is 0 Å². The van der Waals surface area contributed by atoms with Crippen LogP contribution in [-0.4, -0.2) is 32.4 Å². The number of hydrogen-bond donors (Lipinski definition) is 1. The average Bonchev–Trinajstić information content (AvgIpc) is 2.52. The maximum absolute atomic E-state index is 8.80. The van der Waals surface area contributed by atoms with Crippen LogP contribution in [0.2, 0.25) is 0 Å². The number of hydrogen-bond acceptors (Lipinski definition) is 3. The van der Waals surface area contributed by atoms with Crippen LogP contribution in [0.25, 0.3) is 12.2 Å². The van der Waals surface area contributed by atoms with Gasteiger partial charge in [0.05, 0.1) is 10.2 Å². The van der Waals surface area contributed by atoms with Crippen LogP contribution < -0.4 is 9.64 Å². The van der Waals surface area contributed by atoms with Crippen molar-refractivity contribution in [2.45, 2.75) is 0 Å². The number of aliphatic hydroxyl groups is 1. The second-order valence-corrected chi connectivity index (χ2v) is 6.24. The van der Waals surface area contributed by atoms with Crippen LogP contribution in [0.5, 0.6) is 5.75 Å². The van der Waals surface area contributed by atoms with Gasteiger partial charge < -0.3 is 14.7 Å². The zero-order valence-electron chi connectivity index (χ0n) is 12.8. The largest absolute Gasteiger partial charge is 0.490 e. The third kappa shape index (κ3) is 4.74. The summed E-state index contributed by atoms with van der Waals surface area (Å²) in [6.45, 7) is 0.351. The van der Waals surface area contributed by atoms with Gasteiger partial charge in [0.1, 0.15) is 12.4 Å². The van der Waals surface area contributed by atoms with Crippen LogP contribution in [-0.2, 0) is 0 Å². The quantitative estimate of drug-likeness (QED) is 0.581. The van der Waals surface area contributed by atoms with E-state index in [1.54, 1.807) is 0 Å². The molecule has 2 aromatic rings. The summed E-state index contributed by atoms with van der Waals surface area (Å²) in [5.41, 5.74) is 3.48. The van der Waals surface area contributed by atoms with Crippen molar-refractivity contribution >= 4 is 40.4 Å². The van der Waals surface area contributed by atoms with E-state index in [1.807, 2.05) is 26.2 Å². The molecule has 0 radical (unpaired) electrons. The van der Waals surface area contributed by atoms with Crippen LogP contribution in [0.4, 0.5) is 5.69 Å². The van der Waals surface area contributed by atoms with Crippen molar-refractivity contribution in [1.29, 1.82) is 0 Å². The van der Waals surface area contributed by atoms with Crippen molar-refractivity contribution in [1.82, 2.24) is 0 Å². The smallest absolute Gasteiger partial charge is 0.132 e. The Hall–Kier alpha value is -1.53. The van der Waals surface area contributed by atoms with Gasteiger partial charge in [-0.1, -0.05) is 30.4 Å². The van der Waals surface area contributed by atoms with Crippen LogP contribution in [0.1, 0.15) is 11.1 Å². The lowest BCUT2D eigenvalue weighted by Crippen LogP contribution is -2.07. The highest BCUT2D eigenvalue weighted by Crippen LogP contribution is 2.23. The second kappa shape index (κ2) is 8.19. The molecule has 0 aliphatic rings. The predicted molar refractivity (Wildman–Crippen MR) is 101 cm³/mol. The molecule has 0 bridgehead atoms. The first-order chi connectivity index (χ1) is 10.6. The first-order valence-electron chi connectivity index (χ1n) is 7.09. The Morgan fingerprint density at radius 2 is 1.68 bits per heavy atom. The van der Waals surface area contributed by atoms with Gasteiger partial charge >= 0.3 is 0 Å². The van der Waals surface area contributed by atoms with Crippen molar-refractivity contribution in [3.8, 4) is 5.75 Å². The molecule has 4 heteroatoms. The molecule has 2 rings (SSSR count). The van der Waals surface area contributed by atoms with E-state index in [-0.39, 0.29) is 6.61 Å². The molecule has 0 unspecified atom stereocenters. The molecule has 0 saturated carbocycles. The van der Waals surface area contributed by atoms with E-state index in [0.717, 1.165) is 14.9 Å². The Balaban J connectivity index is 2.07. The Bertz CT molecular complexity index is 636. The highest BCUT2D eigenvalue weighted by molar-refractivity contribution is 14.1. The molecule has 0 aliphatic heterocycles. The molecule has 0 spiro atoms. The van der Waals surface area contributed by atoms with E-state index >= 15 is 0 Å². The van der Waals surface area contributed by atoms with Gasteiger partial charge in [0.2, 0.25) is 0 Å². The molecule has 116 valence electrons. The van der Waals surface area contributed by atoms with Gasteiger partial charge in [-0.2, -0.15) is 0 Å². The predicted octanol–water partition coefficient (Wildman–Crippen LogP) is 3.90. The van der Waals surface area contributed by atoms with Crippen molar-refractivity contribution in [3.05, 3.63) is 57.2 Å². The van der Waals surface area contributed by atoms with Gasteiger partial charge in [0.25, 0.3) is 0 Å². The number of halogens is 1. The molecule has 0 amide bonds. The molecule has 0 heterocycles. The lowest BCUT2D eigenvalue weighted by molar-refractivity contribution is 0.200. The van der Waals surface area contributed by atoms with Crippen LogP contribution in [0.15, 0.2) is 42.5 Å². The van der Waals surface area contributed by atoms with E-state index in [2.05, 4.69) is 70.0 Å². The molecule has 0 aromatic heterocycles. The molecule has 0 saturated heterocycles. The minimum absolute atomic E-state index is 0.0285. The van der Waals surface area contributed by atoms with Crippen molar-refractivity contribution in [2.75, 3.05) is 32.2 Å². The van der Waals surface area contributed by atoms with Crippen molar-refractivity contribution in [2.24, 2.45) is 0 Å². The highest BCUT2D eigenvalue weighted by atomic mass is 127. The van der Waals surface area contributed by atoms with E-state index in [1.165, 1.54) is 11.3 Å². The third-order valence-electron chi connectivity index (χ3n) is 3.18. The number of rotatable bonds is 6. The lowest BCUT2D eigenvalue weighted by Gasteiger charge is -2.11. The Morgan fingerprint density at radius 1 is 1.05 bits per heavy atom. The number of anilines is 1. The molecule has 0 aliphatic carbocycles. The molecule has 2 aromatic carbocycles. The van der Waals surface area contributed by atoms with Gasteiger partial charge in [-0.15, -0.1) is 0 Å². The van der Waals surface area contributed by atoms with Crippen LogP contribution in [0, 0.1) is 3.57 Å². The first-order valence-corrected chi connectivity index (χ1v) is 8.16. The normalized spacial score (nSPS) is 10.9. The van der Waals surface area contributed by atoms with Crippen LogP contribution >= 0.6 is 22.6 Å². The molecule has 22 heavy (non-hydrogen) atoms. The summed E-state index contributed by atoms with van der Waals surface area (Å²) in [7, 11) is 4.07. The number of benzene rings is 2. The topological polar surface area (TPSA) is 32.7 Å². The van der Waals surface area contributed by atoms with Gasteiger partial charge in [-0.05, 0) is 58.0 Å². The summed E-state index contributed by atoms with van der Waals surface area (Å²) in [5, 5.41) is 8.80. The SMILES string of the molecule is CN(C)c1ccc(C=Cc2ccc(OCCO)c(I)c2)cc1. The minimum Gasteiger partial charge on any atom is -0.490 e. The summed E-state index contributed by atoms with van der Waals surface area (Å²) in [4.78, 5) is 2.08. The minimum atomic E-state index is 0.0285. The Labute approximate surface area is 145 Å². The maximum atomic E-state index is 8.80. The summed E-state index contributed by atoms with van der Waals surface area (Å²) in [5.74, 6) is 0.808. The average molecular weight is 409 g/mol. The lowest BCUT2D eigenvalue weighted by atomic mass is 10.1. The van der Waals surface area contributed by atoms with E-state index in [9.17, 15) is 0 Å². The number of nitrogens with zero attached hydrogens (tertiary/aromatic N) is 1. The van der Waals surface area contributed by atoms with Gasteiger partial charge in [0, 0.05) is 19.8 Å². The molecule has 0 fully saturated rings. The fourth-order valence-corrected chi connectivity index (χ4v) is 2.66. The van der Waals surface area contributed by atoms with Gasteiger partial charge in [-0.25, -0.2) is 0 Å². The zero-order valence-corrected chi connectivity index (χ0v) is 14.9. The van der Waals surface area contributed by atoms with Gasteiger partial charge in [-0.3, -0.25) is 0 Å². The fraction of sp³-hybridized carbons (Fsp3) is 0.222. The van der Waals surface area contributed by atoms with Crippen LogP contribution in [0.3, 0.4) is 0 Å². The number of ether oxygens (including phenoxy) is 1. The fourth-order valence-electron chi connectivity index (χ4n) is 1.97. The summed E-state index contributed by atoms with van der Waals surface area (Å²) in [6.07, 6.45) is 4.18. The first kappa shape index (κ1) is 16.8. The standard InChI is InChI=1S/C18H20INO2/c1-20(2)16-8-5-14(6-9-16)3-4-15-7-10-18(17(19)13-15)22-12-11-21/h3-10,13,21H,11-12H2,1-2H3. The summed E-state index contributed by atoms with van der Waals surface area (Å²) < 4.78 is 6.49. The zero-order chi connectivity index (χ0) is 15.9. The molecular formula is C18H20INO2. The number of aliphatic hydroxyl groups excluding tert-OH is 1. The Morgan fingerprint density at radius 3 is 2.27 bits per heavy atom. The van der Waals surface area contributed by atoms with Crippen molar-refractivity contribution < 1.29 is 9.84 Å². The molecule has 0 atom stereocenters. The third-order valence-corrected chi connectivity index (χ3v) is 4.03. The molecule has 1 N–H and O–H groups in total. The monoisotopic (exact) mass is 409 g/mol. The van der Waals surface area contributed by atoms with E-state index in [4.69, 9.17) is 9.84 Å². The molecule has 3 nitrogen and oxygen atoms in total. The highest BCUT2D eigenvalue weighted by Gasteiger charge is 2.01. The van der Waals surface area contributed by atoms with E-state index in [0.29, 0.717) is 6.61 Å². The molecular weight excluding hydrogens is 389 g/mol. The summed E-state index contributed by atoms with van der Waals surface area (Å²) >= 11 is 2.25. The van der Waals surface area contributed by atoms with Gasteiger partial charge in [0.15, 0.2) is 0 Å². The second-order valence-electron chi connectivity index (χ2n) is 5.08. The Kier molecular flexibility index (Phi) is 6.27. The maximum Gasteiger partial charge on any atom is 0.132 e.